The number of hydrogen-bond donors (Lipinski definition) is 0. The van der Waals surface area contributed by atoms with Gasteiger partial charge >= 0.3 is 5.97 Å². The fourth-order valence-electron chi connectivity index (χ4n) is 2.85. The second-order valence-corrected chi connectivity index (χ2v) is 6.48. The van der Waals surface area contributed by atoms with Crippen LogP contribution < -0.4 is 0 Å². The van der Waals surface area contributed by atoms with Crippen molar-refractivity contribution in [2.75, 3.05) is 6.61 Å². The summed E-state index contributed by atoms with van der Waals surface area (Å²) in [5.74, 6) is 0.112. The van der Waals surface area contributed by atoms with Crippen molar-refractivity contribution >= 4 is 5.97 Å². The van der Waals surface area contributed by atoms with E-state index in [1.165, 1.54) is 24.5 Å². The number of carbonyl (C=O) groups excluding carboxylic acids is 1. The van der Waals surface area contributed by atoms with Gasteiger partial charge in [0.1, 0.15) is 5.82 Å². The molecule has 0 aliphatic heterocycles. The van der Waals surface area contributed by atoms with Crippen molar-refractivity contribution < 1.29 is 13.9 Å². The van der Waals surface area contributed by atoms with E-state index in [-0.39, 0.29) is 11.7 Å². The lowest BCUT2D eigenvalue weighted by molar-refractivity contribution is 0.0525. The second kappa shape index (κ2) is 8.08. The molecule has 138 valence electrons. The number of rotatable bonds is 5. The molecule has 5 heteroatoms. The number of nitrogens with zero attached hydrogens (tertiary/aromatic N) is 2. The second-order valence-electron chi connectivity index (χ2n) is 6.48. The third-order valence-electron chi connectivity index (χ3n) is 4.26. The lowest BCUT2D eigenvalue weighted by atomic mass is 9.92. The highest BCUT2D eigenvalue weighted by atomic mass is 19.1. The quantitative estimate of drug-likeness (QED) is 0.580. The molecule has 0 radical (unpaired) electrons. The Kier molecular flexibility index (Phi) is 5.60. The zero-order valence-corrected chi connectivity index (χ0v) is 15.6. The molecule has 0 fully saturated rings. The highest BCUT2D eigenvalue weighted by Gasteiger charge is 2.14. The van der Waals surface area contributed by atoms with E-state index >= 15 is 0 Å². The Morgan fingerprint density at radius 1 is 1.04 bits per heavy atom. The van der Waals surface area contributed by atoms with Crippen LogP contribution in [0.2, 0.25) is 0 Å². The van der Waals surface area contributed by atoms with Gasteiger partial charge in [-0.2, -0.15) is 0 Å². The van der Waals surface area contributed by atoms with Gasteiger partial charge in [0, 0.05) is 18.0 Å². The molecule has 27 heavy (non-hydrogen) atoms. The molecular formula is C22H21FN2O2. The molecule has 1 aromatic heterocycles. The van der Waals surface area contributed by atoms with Gasteiger partial charge in [0.15, 0.2) is 5.82 Å². The van der Waals surface area contributed by atoms with Crippen molar-refractivity contribution in [3.63, 3.8) is 0 Å². The molecule has 0 saturated heterocycles. The molecule has 0 aliphatic rings. The summed E-state index contributed by atoms with van der Waals surface area (Å²) in [5.41, 5.74) is 4.27. The minimum atomic E-state index is -0.431. The topological polar surface area (TPSA) is 52.1 Å². The SMILES string of the molecule is CCOC(=O)c1cnc(-c2ccc(-c3ccc(F)cc3)cc2C(C)C)nc1. The fourth-order valence-corrected chi connectivity index (χ4v) is 2.85. The lowest BCUT2D eigenvalue weighted by Crippen LogP contribution is -2.06. The summed E-state index contributed by atoms with van der Waals surface area (Å²) in [4.78, 5) is 20.5. The van der Waals surface area contributed by atoms with Gasteiger partial charge in [0.25, 0.3) is 0 Å². The fraction of sp³-hybridized carbons (Fsp3) is 0.227. The molecule has 3 rings (SSSR count). The van der Waals surface area contributed by atoms with Gasteiger partial charge in [-0.25, -0.2) is 19.2 Å². The first-order chi connectivity index (χ1) is 13.0. The van der Waals surface area contributed by atoms with Crippen LogP contribution in [0.3, 0.4) is 0 Å². The van der Waals surface area contributed by atoms with Gasteiger partial charge in [-0.05, 0) is 41.7 Å². The van der Waals surface area contributed by atoms with Crippen molar-refractivity contribution in [2.45, 2.75) is 26.7 Å². The van der Waals surface area contributed by atoms with E-state index in [2.05, 4.69) is 29.9 Å². The molecule has 0 atom stereocenters. The first-order valence-electron chi connectivity index (χ1n) is 8.89. The molecule has 1 heterocycles. The zero-order valence-electron chi connectivity index (χ0n) is 15.6. The zero-order chi connectivity index (χ0) is 19.4. The molecule has 0 spiro atoms. The summed E-state index contributed by atoms with van der Waals surface area (Å²) in [6.07, 6.45) is 2.97. The summed E-state index contributed by atoms with van der Waals surface area (Å²) < 4.78 is 18.1. The van der Waals surface area contributed by atoms with Gasteiger partial charge in [-0.3, -0.25) is 0 Å². The number of hydrogen-bond acceptors (Lipinski definition) is 4. The molecule has 4 nitrogen and oxygen atoms in total. The van der Waals surface area contributed by atoms with Gasteiger partial charge in [-0.15, -0.1) is 0 Å². The van der Waals surface area contributed by atoms with Crippen molar-refractivity contribution in [2.24, 2.45) is 0 Å². The van der Waals surface area contributed by atoms with E-state index in [1.54, 1.807) is 19.1 Å². The van der Waals surface area contributed by atoms with Crippen LogP contribution in [-0.2, 0) is 4.74 Å². The first kappa shape index (κ1) is 18.7. The van der Waals surface area contributed by atoms with Crippen LogP contribution in [0.5, 0.6) is 0 Å². The maximum absolute atomic E-state index is 13.2. The molecular weight excluding hydrogens is 343 g/mol. The Morgan fingerprint density at radius 3 is 2.26 bits per heavy atom. The largest absolute Gasteiger partial charge is 0.462 e. The van der Waals surface area contributed by atoms with Gasteiger partial charge in [-0.1, -0.05) is 44.2 Å². The number of ether oxygens (including phenoxy) is 1. The summed E-state index contributed by atoms with van der Waals surface area (Å²) in [6.45, 7) is 6.26. The monoisotopic (exact) mass is 364 g/mol. The number of carbonyl (C=O) groups is 1. The van der Waals surface area contributed by atoms with Crippen molar-refractivity contribution in [3.05, 3.63) is 71.8 Å². The molecule has 0 aliphatic carbocycles. The van der Waals surface area contributed by atoms with E-state index in [4.69, 9.17) is 4.74 Å². The standard InChI is InChI=1S/C22H21FN2O2/c1-4-27-22(26)17-12-24-21(25-13-17)19-10-7-16(11-20(19)14(2)3)15-5-8-18(23)9-6-15/h5-14H,4H2,1-3H3. The average molecular weight is 364 g/mol. The molecule has 2 aromatic carbocycles. The molecule has 0 amide bonds. The Bertz CT molecular complexity index is 936. The Balaban J connectivity index is 1.98. The smallest absolute Gasteiger partial charge is 0.341 e. The minimum Gasteiger partial charge on any atom is -0.462 e. The molecule has 0 bridgehead atoms. The summed E-state index contributed by atoms with van der Waals surface area (Å²) in [7, 11) is 0. The third-order valence-corrected chi connectivity index (χ3v) is 4.26. The van der Waals surface area contributed by atoms with Gasteiger partial charge in [0.2, 0.25) is 0 Å². The Hall–Kier alpha value is -3.08. The van der Waals surface area contributed by atoms with Crippen LogP contribution in [0.1, 0.15) is 42.6 Å². The maximum atomic E-state index is 13.2. The van der Waals surface area contributed by atoms with Crippen LogP contribution in [-0.4, -0.2) is 22.5 Å². The molecule has 3 aromatic rings. The van der Waals surface area contributed by atoms with E-state index in [9.17, 15) is 9.18 Å². The number of halogens is 1. The highest BCUT2D eigenvalue weighted by Crippen LogP contribution is 2.31. The van der Waals surface area contributed by atoms with Crippen molar-refractivity contribution in [1.82, 2.24) is 9.97 Å². The third kappa shape index (κ3) is 4.19. The van der Waals surface area contributed by atoms with E-state index in [0.29, 0.717) is 18.0 Å². The highest BCUT2D eigenvalue weighted by molar-refractivity contribution is 5.88. The van der Waals surface area contributed by atoms with Crippen LogP contribution in [0.4, 0.5) is 4.39 Å². The number of benzene rings is 2. The van der Waals surface area contributed by atoms with Crippen LogP contribution in [0.25, 0.3) is 22.5 Å². The first-order valence-corrected chi connectivity index (χ1v) is 8.89. The summed E-state index contributed by atoms with van der Waals surface area (Å²) in [5, 5.41) is 0. The van der Waals surface area contributed by atoms with E-state index in [0.717, 1.165) is 22.3 Å². The van der Waals surface area contributed by atoms with E-state index in [1.807, 2.05) is 12.1 Å². The van der Waals surface area contributed by atoms with Crippen LogP contribution in [0, 0.1) is 5.82 Å². The lowest BCUT2D eigenvalue weighted by Gasteiger charge is -2.14. The predicted octanol–water partition coefficient (Wildman–Crippen LogP) is 5.25. The van der Waals surface area contributed by atoms with Crippen LogP contribution in [0.15, 0.2) is 54.9 Å². The Morgan fingerprint density at radius 2 is 1.67 bits per heavy atom. The molecule has 0 saturated carbocycles. The summed E-state index contributed by atoms with van der Waals surface area (Å²) in [6, 6.07) is 12.4. The van der Waals surface area contributed by atoms with E-state index < -0.39 is 5.97 Å². The summed E-state index contributed by atoms with van der Waals surface area (Å²) >= 11 is 0. The number of esters is 1. The van der Waals surface area contributed by atoms with Gasteiger partial charge in [0.05, 0.1) is 12.2 Å². The average Bonchev–Trinajstić information content (AvgIpc) is 2.68. The maximum Gasteiger partial charge on any atom is 0.341 e. The normalized spacial score (nSPS) is 10.9. The van der Waals surface area contributed by atoms with Crippen LogP contribution >= 0.6 is 0 Å². The predicted molar refractivity (Wildman–Crippen MR) is 103 cm³/mol. The van der Waals surface area contributed by atoms with Crippen molar-refractivity contribution in [3.8, 4) is 22.5 Å². The van der Waals surface area contributed by atoms with Gasteiger partial charge < -0.3 is 4.74 Å². The molecule has 0 N–H and O–H groups in total. The minimum absolute atomic E-state index is 0.244. The van der Waals surface area contributed by atoms with Crippen molar-refractivity contribution in [1.29, 1.82) is 0 Å². The number of aromatic nitrogens is 2. The molecule has 0 unspecified atom stereocenters. The Labute approximate surface area is 158 Å².